The van der Waals surface area contributed by atoms with Crippen LogP contribution in [0.25, 0.3) is 11.4 Å². The highest BCUT2D eigenvalue weighted by molar-refractivity contribution is 6.00. The Labute approximate surface area is 200 Å². The van der Waals surface area contributed by atoms with Gasteiger partial charge in [0, 0.05) is 25.2 Å². The van der Waals surface area contributed by atoms with E-state index < -0.39 is 47.4 Å². The van der Waals surface area contributed by atoms with Crippen molar-refractivity contribution in [2.45, 2.75) is 57.0 Å². The molecule has 2 aromatic heterocycles. The van der Waals surface area contributed by atoms with Crippen molar-refractivity contribution in [2.24, 2.45) is 0 Å². The molecule has 1 aliphatic rings. The summed E-state index contributed by atoms with van der Waals surface area (Å²) in [7, 11) is 0. The fourth-order valence-electron chi connectivity index (χ4n) is 4.28. The van der Waals surface area contributed by atoms with E-state index in [9.17, 15) is 23.8 Å². The van der Waals surface area contributed by atoms with Crippen LogP contribution in [-0.2, 0) is 11.2 Å². The second-order valence-electron chi connectivity index (χ2n) is 8.51. The van der Waals surface area contributed by atoms with E-state index in [1.54, 1.807) is 12.3 Å². The van der Waals surface area contributed by atoms with Crippen molar-refractivity contribution in [3.63, 3.8) is 0 Å². The molecular weight excluding hydrogens is 458 g/mol. The van der Waals surface area contributed by atoms with Crippen LogP contribution in [0, 0.1) is 11.6 Å². The zero-order valence-electron chi connectivity index (χ0n) is 19.1. The van der Waals surface area contributed by atoms with Crippen LogP contribution in [0.4, 0.5) is 14.5 Å². The third-order valence-corrected chi connectivity index (χ3v) is 6.05. The van der Waals surface area contributed by atoms with Crippen LogP contribution in [0.1, 0.15) is 53.9 Å². The van der Waals surface area contributed by atoms with E-state index >= 15 is 0 Å². The summed E-state index contributed by atoms with van der Waals surface area (Å²) in [6.07, 6.45) is 2.47. The normalized spacial score (nSPS) is 22.2. The van der Waals surface area contributed by atoms with Gasteiger partial charge in [0.05, 0.1) is 35.8 Å². The summed E-state index contributed by atoms with van der Waals surface area (Å²) >= 11 is 0. The molecule has 10 heteroatoms. The van der Waals surface area contributed by atoms with E-state index in [4.69, 9.17) is 10.5 Å². The van der Waals surface area contributed by atoms with Gasteiger partial charge < -0.3 is 20.7 Å². The van der Waals surface area contributed by atoms with Gasteiger partial charge in [-0.25, -0.2) is 18.7 Å². The van der Waals surface area contributed by atoms with Crippen molar-refractivity contribution in [2.75, 3.05) is 5.73 Å². The van der Waals surface area contributed by atoms with Gasteiger partial charge in [0.25, 0.3) is 0 Å². The molecule has 0 bridgehead atoms. The Balaban J connectivity index is 1.63. The Morgan fingerprint density at radius 1 is 1.20 bits per heavy atom. The van der Waals surface area contributed by atoms with Crippen molar-refractivity contribution in [3.05, 3.63) is 71.3 Å². The van der Waals surface area contributed by atoms with Gasteiger partial charge in [0.1, 0.15) is 23.4 Å². The molecule has 4 atom stereocenters. The molecule has 3 aromatic rings. The zero-order chi connectivity index (χ0) is 25.1. The third-order valence-electron chi connectivity index (χ3n) is 6.05. The molecule has 0 spiro atoms. The standard InChI is InChI=1S/C25H26F2N4O4/c1-2-4-20-24(34)19(33)10-21(35-20)14-7-8-29-11-13(14)9-18(32)23-17(28)12-30-25(31-23)22-15(26)5-3-6-16(22)27/h3,5-8,11-12,19-21,24,33-34H,2,4,9-10,28H2,1H3/t19-,20-,21-,24+/m1/s1. The van der Waals surface area contributed by atoms with Crippen LogP contribution in [0.15, 0.2) is 42.9 Å². The number of nitrogens with zero attached hydrogens (tertiary/aromatic N) is 3. The molecule has 0 unspecified atom stereocenters. The Morgan fingerprint density at radius 2 is 1.94 bits per heavy atom. The zero-order valence-corrected chi connectivity index (χ0v) is 19.1. The number of benzene rings is 1. The monoisotopic (exact) mass is 484 g/mol. The molecule has 0 radical (unpaired) electrons. The van der Waals surface area contributed by atoms with Crippen LogP contribution in [-0.4, -0.2) is 49.3 Å². The van der Waals surface area contributed by atoms with Gasteiger partial charge in [0.2, 0.25) is 0 Å². The molecule has 0 saturated carbocycles. The van der Waals surface area contributed by atoms with Crippen LogP contribution in [0.5, 0.6) is 0 Å². The van der Waals surface area contributed by atoms with E-state index in [-0.39, 0.29) is 30.0 Å². The molecule has 8 nitrogen and oxygen atoms in total. The van der Waals surface area contributed by atoms with Crippen LogP contribution < -0.4 is 5.73 Å². The van der Waals surface area contributed by atoms with Gasteiger partial charge in [-0.05, 0) is 35.7 Å². The first-order valence-corrected chi connectivity index (χ1v) is 11.3. The number of carbonyl (C=O) groups is 1. The minimum absolute atomic E-state index is 0.0311. The number of ether oxygens (including phenoxy) is 1. The maximum Gasteiger partial charge on any atom is 0.187 e. The van der Waals surface area contributed by atoms with Gasteiger partial charge in [-0.15, -0.1) is 0 Å². The second-order valence-corrected chi connectivity index (χ2v) is 8.51. The molecule has 4 rings (SSSR count). The Hall–Kier alpha value is -3.34. The number of Topliss-reactive ketones (excluding diaryl/α,β-unsaturated/α-hetero) is 1. The number of aliphatic hydroxyl groups excluding tert-OH is 2. The van der Waals surface area contributed by atoms with E-state index in [2.05, 4.69) is 15.0 Å². The summed E-state index contributed by atoms with van der Waals surface area (Å²) in [6.45, 7) is 1.95. The number of rotatable bonds is 7. The highest BCUT2D eigenvalue weighted by Gasteiger charge is 2.37. The highest BCUT2D eigenvalue weighted by Crippen LogP contribution is 2.35. The van der Waals surface area contributed by atoms with Gasteiger partial charge in [0.15, 0.2) is 11.6 Å². The molecule has 1 aliphatic heterocycles. The van der Waals surface area contributed by atoms with Crippen molar-refractivity contribution in [1.29, 1.82) is 0 Å². The van der Waals surface area contributed by atoms with E-state index in [1.165, 1.54) is 12.3 Å². The van der Waals surface area contributed by atoms with Crippen LogP contribution in [0.3, 0.4) is 0 Å². The number of aromatic nitrogens is 3. The maximum absolute atomic E-state index is 14.2. The largest absolute Gasteiger partial charge is 0.396 e. The van der Waals surface area contributed by atoms with Crippen molar-refractivity contribution < 1.29 is 28.5 Å². The highest BCUT2D eigenvalue weighted by atomic mass is 19.1. The molecule has 35 heavy (non-hydrogen) atoms. The fourth-order valence-corrected chi connectivity index (χ4v) is 4.28. The second kappa shape index (κ2) is 10.5. The van der Waals surface area contributed by atoms with Crippen LogP contribution >= 0.6 is 0 Å². The summed E-state index contributed by atoms with van der Waals surface area (Å²) in [4.78, 5) is 25.3. The smallest absolute Gasteiger partial charge is 0.187 e. The molecular formula is C25H26F2N4O4. The van der Waals surface area contributed by atoms with E-state index in [1.807, 2.05) is 6.92 Å². The first-order chi connectivity index (χ1) is 16.8. The summed E-state index contributed by atoms with van der Waals surface area (Å²) in [5.41, 5.74) is 6.45. The van der Waals surface area contributed by atoms with Gasteiger partial charge in [-0.3, -0.25) is 9.78 Å². The Morgan fingerprint density at radius 3 is 2.66 bits per heavy atom. The lowest BCUT2D eigenvalue weighted by Gasteiger charge is -2.38. The number of hydrogen-bond donors (Lipinski definition) is 3. The lowest BCUT2D eigenvalue weighted by Crippen LogP contribution is -2.45. The predicted molar refractivity (Wildman–Crippen MR) is 123 cm³/mol. The number of carbonyl (C=O) groups excluding carboxylic acids is 1. The topological polar surface area (TPSA) is 131 Å². The molecule has 0 amide bonds. The van der Waals surface area contributed by atoms with Crippen molar-refractivity contribution in [3.8, 4) is 11.4 Å². The number of nitrogen functional groups attached to an aromatic ring is 1. The minimum atomic E-state index is -0.990. The van der Waals surface area contributed by atoms with Gasteiger partial charge >= 0.3 is 0 Å². The average Bonchev–Trinajstić information content (AvgIpc) is 2.83. The number of aliphatic hydroxyl groups is 2. The third kappa shape index (κ3) is 5.19. The molecule has 1 fully saturated rings. The number of ketones is 1. The Kier molecular flexibility index (Phi) is 7.44. The van der Waals surface area contributed by atoms with Crippen molar-refractivity contribution >= 4 is 11.5 Å². The van der Waals surface area contributed by atoms with E-state index in [0.29, 0.717) is 17.5 Å². The summed E-state index contributed by atoms with van der Waals surface area (Å²) in [6, 6.07) is 5.06. The van der Waals surface area contributed by atoms with Gasteiger partial charge in [-0.1, -0.05) is 19.4 Å². The van der Waals surface area contributed by atoms with Crippen molar-refractivity contribution in [1.82, 2.24) is 15.0 Å². The summed E-state index contributed by atoms with van der Waals surface area (Å²) in [5, 5.41) is 20.6. The molecule has 1 aromatic carbocycles. The molecule has 4 N–H and O–H groups in total. The van der Waals surface area contributed by atoms with Gasteiger partial charge in [-0.2, -0.15) is 0 Å². The lowest BCUT2D eigenvalue weighted by molar-refractivity contribution is -0.172. The number of halogens is 2. The first-order valence-electron chi connectivity index (χ1n) is 11.3. The molecule has 1 saturated heterocycles. The maximum atomic E-state index is 14.2. The molecule has 0 aliphatic carbocycles. The number of hydrogen-bond acceptors (Lipinski definition) is 8. The first kappa shape index (κ1) is 24.8. The summed E-state index contributed by atoms with van der Waals surface area (Å²) < 4.78 is 34.5. The minimum Gasteiger partial charge on any atom is -0.396 e. The number of nitrogens with two attached hydrogens (primary N) is 1. The quantitative estimate of drug-likeness (QED) is 0.436. The van der Waals surface area contributed by atoms with E-state index in [0.717, 1.165) is 24.8 Å². The fraction of sp³-hybridized carbons (Fsp3) is 0.360. The SMILES string of the molecule is CCC[C@H]1O[C@@H](c2ccncc2CC(=O)c2nc(-c3c(F)cccc3F)ncc2N)C[C@@H](O)[C@@H]1O. The lowest BCUT2D eigenvalue weighted by atomic mass is 9.89. The Bertz CT molecular complexity index is 1210. The van der Waals surface area contributed by atoms with Crippen LogP contribution in [0.2, 0.25) is 0 Å². The number of anilines is 1. The predicted octanol–water partition coefficient (Wildman–Crippen LogP) is 3.18. The molecule has 3 heterocycles. The number of pyridine rings is 1. The molecule has 184 valence electrons. The average molecular weight is 485 g/mol. The summed E-state index contributed by atoms with van der Waals surface area (Å²) in [5.74, 6) is -2.52.